The molecular formula is C14H9N5. The number of hydrogen-bond acceptors (Lipinski definition) is 5. The summed E-state index contributed by atoms with van der Waals surface area (Å²) in [5, 5.41) is 20.9. The van der Waals surface area contributed by atoms with Crippen molar-refractivity contribution in [3.05, 3.63) is 48.8 Å². The number of pyridine rings is 1. The van der Waals surface area contributed by atoms with Gasteiger partial charge in [0, 0.05) is 12.4 Å². The second-order valence-corrected chi connectivity index (χ2v) is 3.61. The maximum absolute atomic E-state index is 8.59. The molecule has 0 spiro atoms. The zero-order valence-corrected chi connectivity index (χ0v) is 9.91. The van der Waals surface area contributed by atoms with Crippen LogP contribution < -0.4 is 5.43 Å². The lowest BCUT2D eigenvalue weighted by atomic mass is 10.1. The van der Waals surface area contributed by atoms with E-state index < -0.39 is 0 Å². The Morgan fingerprint density at radius 3 is 2.47 bits per heavy atom. The lowest BCUT2D eigenvalue weighted by Crippen LogP contribution is -1.96. The first kappa shape index (κ1) is 12.3. The number of aromatic nitrogens is 1. The third kappa shape index (κ3) is 3.15. The Morgan fingerprint density at radius 2 is 1.79 bits per heavy atom. The number of rotatable bonds is 3. The highest BCUT2D eigenvalue weighted by molar-refractivity contribution is 6.10. The third-order valence-corrected chi connectivity index (χ3v) is 2.38. The van der Waals surface area contributed by atoms with Crippen LogP contribution in [0, 0.1) is 22.7 Å². The van der Waals surface area contributed by atoms with Gasteiger partial charge in [-0.2, -0.15) is 15.6 Å². The summed E-state index contributed by atoms with van der Waals surface area (Å²) >= 11 is 0. The van der Waals surface area contributed by atoms with E-state index in [1.807, 2.05) is 30.3 Å². The highest BCUT2D eigenvalue weighted by atomic mass is 15.3. The summed E-state index contributed by atoms with van der Waals surface area (Å²) in [7, 11) is 0. The predicted octanol–water partition coefficient (Wildman–Crippen LogP) is 2.56. The zero-order chi connectivity index (χ0) is 13.5. The Bertz CT molecular complexity index is 661. The normalized spacial score (nSPS) is 8.95. The van der Waals surface area contributed by atoms with Gasteiger partial charge in [-0.05, 0) is 35.4 Å². The molecule has 19 heavy (non-hydrogen) atoms. The van der Waals surface area contributed by atoms with Crippen molar-refractivity contribution >= 4 is 11.4 Å². The van der Waals surface area contributed by atoms with Crippen molar-refractivity contribution in [3.63, 3.8) is 0 Å². The molecule has 1 aromatic carbocycles. The molecule has 90 valence electrons. The zero-order valence-electron chi connectivity index (χ0n) is 9.91. The van der Waals surface area contributed by atoms with E-state index >= 15 is 0 Å². The van der Waals surface area contributed by atoms with Crippen LogP contribution in [0.5, 0.6) is 0 Å². The standard InChI is InChI=1S/C14H9N5/c15-9-14(10-16)19-18-13-3-1-2-12(8-13)11-4-6-17-7-5-11/h1-8,18H. The van der Waals surface area contributed by atoms with Crippen LogP contribution in [0.25, 0.3) is 11.1 Å². The molecule has 0 unspecified atom stereocenters. The van der Waals surface area contributed by atoms with Crippen LogP contribution in [-0.4, -0.2) is 10.7 Å². The van der Waals surface area contributed by atoms with E-state index in [1.165, 1.54) is 0 Å². The summed E-state index contributed by atoms with van der Waals surface area (Å²) < 4.78 is 0. The molecule has 2 rings (SSSR count). The van der Waals surface area contributed by atoms with Gasteiger partial charge in [-0.3, -0.25) is 10.4 Å². The van der Waals surface area contributed by atoms with E-state index in [1.54, 1.807) is 30.6 Å². The van der Waals surface area contributed by atoms with Crippen molar-refractivity contribution in [2.75, 3.05) is 5.43 Å². The summed E-state index contributed by atoms with van der Waals surface area (Å²) in [6.45, 7) is 0. The lowest BCUT2D eigenvalue weighted by Gasteiger charge is -2.04. The van der Waals surface area contributed by atoms with Crippen LogP contribution in [0.1, 0.15) is 0 Å². The molecule has 1 heterocycles. The minimum absolute atomic E-state index is 0.214. The highest BCUT2D eigenvalue weighted by Crippen LogP contribution is 2.21. The SMILES string of the molecule is N#CC(C#N)=NNc1cccc(-c2ccncc2)c1. The summed E-state index contributed by atoms with van der Waals surface area (Å²) in [6.07, 6.45) is 3.44. The quantitative estimate of drug-likeness (QED) is 0.667. The van der Waals surface area contributed by atoms with Gasteiger partial charge in [0.25, 0.3) is 0 Å². The summed E-state index contributed by atoms with van der Waals surface area (Å²) in [6, 6.07) is 14.7. The second kappa shape index (κ2) is 5.95. The smallest absolute Gasteiger partial charge is 0.237 e. The molecule has 0 fully saturated rings. The van der Waals surface area contributed by atoms with Gasteiger partial charge in [0.15, 0.2) is 0 Å². The topological polar surface area (TPSA) is 84.9 Å². The molecule has 5 nitrogen and oxygen atoms in total. The number of nitriles is 2. The Balaban J connectivity index is 2.24. The van der Waals surface area contributed by atoms with Crippen molar-refractivity contribution in [2.45, 2.75) is 0 Å². The highest BCUT2D eigenvalue weighted by Gasteiger charge is 1.99. The third-order valence-electron chi connectivity index (χ3n) is 2.38. The molecule has 0 bridgehead atoms. The molecule has 0 atom stereocenters. The van der Waals surface area contributed by atoms with E-state index in [-0.39, 0.29) is 5.71 Å². The molecule has 1 N–H and O–H groups in total. The molecular weight excluding hydrogens is 238 g/mol. The maximum atomic E-state index is 8.59. The van der Waals surface area contributed by atoms with E-state index in [4.69, 9.17) is 10.5 Å². The van der Waals surface area contributed by atoms with Crippen LogP contribution in [0.2, 0.25) is 0 Å². The van der Waals surface area contributed by atoms with Gasteiger partial charge in [-0.15, -0.1) is 0 Å². The average molecular weight is 247 g/mol. The molecule has 5 heteroatoms. The summed E-state index contributed by atoms with van der Waals surface area (Å²) in [5.74, 6) is 0. The first-order valence-corrected chi connectivity index (χ1v) is 5.48. The minimum Gasteiger partial charge on any atom is -0.276 e. The van der Waals surface area contributed by atoms with Crippen LogP contribution in [0.4, 0.5) is 5.69 Å². The van der Waals surface area contributed by atoms with Crippen LogP contribution in [0.3, 0.4) is 0 Å². The Morgan fingerprint density at radius 1 is 1.05 bits per heavy atom. The van der Waals surface area contributed by atoms with Gasteiger partial charge in [0.1, 0.15) is 12.1 Å². The molecule has 0 radical (unpaired) electrons. The van der Waals surface area contributed by atoms with Crippen molar-refractivity contribution < 1.29 is 0 Å². The average Bonchev–Trinajstić information content (AvgIpc) is 2.49. The molecule has 2 aromatic rings. The number of anilines is 1. The second-order valence-electron chi connectivity index (χ2n) is 3.61. The molecule has 0 amide bonds. The van der Waals surface area contributed by atoms with Gasteiger partial charge < -0.3 is 0 Å². The number of hydrogen-bond donors (Lipinski definition) is 1. The van der Waals surface area contributed by atoms with Crippen LogP contribution in [0.15, 0.2) is 53.9 Å². The fourth-order valence-corrected chi connectivity index (χ4v) is 1.51. The van der Waals surface area contributed by atoms with Crippen molar-refractivity contribution in [2.24, 2.45) is 5.10 Å². The Kier molecular flexibility index (Phi) is 3.84. The van der Waals surface area contributed by atoms with Gasteiger partial charge in [-0.25, -0.2) is 0 Å². The number of hydrazone groups is 1. The van der Waals surface area contributed by atoms with Crippen molar-refractivity contribution in [1.29, 1.82) is 10.5 Å². The van der Waals surface area contributed by atoms with Crippen molar-refractivity contribution in [3.8, 4) is 23.3 Å². The lowest BCUT2D eigenvalue weighted by molar-refractivity contribution is 1.32. The number of nitrogens with one attached hydrogen (secondary N) is 1. The molecule has 0 aliphatic heterocycles. The first-order chi connectivity index (χ1) is 9.33. The van der Waals surface area contributed by atoms with E-state index in [0.717, 1.165) is 11.1 Å². The first-order valence-electron chi connectivity index (χ1n) is 5.48. The van der Waals surface area contributed by atoms with Crippen molar-refractivity contribution in [1.82, 2.24) is 4.98 Å². The van der Waals surface area contributed by atoms with E-state index in [2.05, 4.69) is 15.5 Å². The largest absolute Gasteiger partial charge is 0.276 e. The fraction of sp³-hybridized carbons (Fsp3) is 0. The molecule has 0 saturated carbocycles. The number of nitrogens with zero attached hydrogens (tertiary/aromatic N) is 4. The van der Waals surface area contributed by atoms with Crippen LogP contribution in [-0.2, 0) is 0 Å². The summed E-state index contributed by atoms with van der Waals surface area (Å²) in [5.41, 5.74) is 5.21. The van der Waals surface area contributed by atoms with Gasteiger partial charge >= 0.3 is 0 Å². The Hall–Kier alpha value is -3.18. The number of benzene rings is 1. The van der Waals surface area contributed by atoms with Gasteiger partial charge in [0.05, 0.1) is 5.69 Å². The monoisotopic (exact) mass is 247 g/mol. The van der Waals surface area contributed by atoms with Gasteiger partial charge in [0.2, 0.25) is 5.71 Å². The van der Waals surface area contributed by atoms with Crippen LogP contribution >= 0.6 is 0 Å². The molecule has 0 aliphatic carbocycles. The van der Waals surface area contributed by atoms with Gasteiger partial charge in [-0.1, -0.05) is 12.1 Å². The fourth-order valence-electron chi connectivity index (χ4n) is 1.51. The van der Waals surface area contributed by atoms with E-state index in [9.17, 15) is 0 Å². The Labute approximate surface area is 110 Å². The maximum Gasteiger partial charge on any atom is 0.237 e. The summed E-state index contributed by atoms with van der Waals surface area (Å²) in [4.78, 5) is 3.97. The van der Waals surface area contributed by atoms with E-state index in [0.29, 0.717) is 5.69 Å². The molecule has 1 aromatic heterocycles. The molecule has 0 saturated heterocycles. The molecule has 0 aliphatic rings. The minimum atomic E-state index is -0.214. The predicted molar refractivity (Wildman–Crippen MR) is 72.0 cm³/mol.